The Kier molecular flexibility index (Phi) is 8.46. The van der Waals surface area contributed by atoms with Crippen molar-refractivity contribution in [2.45, 2.75) is 37.1 Å². The summed E-state index contributed by atoms with van der Waals surface area (Å²) in [4.78, 5) is 24.2. The lowest BCUT2D eigenvalue weighted by atomic mass is 9.90. The van der Waals surface area contributed by atoms with E-state index in [-0.39, 0.29) is 5.91 Å². The second kappa shape index (κ2) is 12.5. The van der Waals surface area contributed by atoms with Crippen molar-refractivity contribution in [3.8, 4) is 17.1 Å². The molecule has 3 aromatic heterocycles. The lowest BCUT2D eigenvalue weighted by Crippen LogP contribution is -2.39. The van der Waals surface area contributed by atoms with Crippen molar-refractivity contribution in [3.05, 3.63) is 105 Å². The average molecular weight is 601 g/mol. The number of halogens is 1. The molecule has 4 heterocycles. The zero-order chi connectivity index (χ0) is 28.2. The number of benzene rings is 2. The largest absolute Gasteiger partial charge is 0.337 e. The number of hydrogen-bond acceptors (Lipinski definition) is 7. The summed E-state index contributed by atoms with van der Waals surface area (Å²) in [6, 6.07) is 20.2. The summed E-state index contributed by atoms with van der Waals surface area (Å²) in [6.45, 7) is 3.59. The lowest BCUT2D eigenvalue weighted by Gasteiger charge is -2.31. The molecule has 1 saturated heterocycles. The quantitative estimate of drug-likeness (QED) is 0.176. The molecule has 0 unspecified atom stereocenters. The number of carbonyl (C=O) groups excluding carboxylic acids is 1. The molecule has 0 bridgehead atoms. The second-order valence-electron chi connectivity index (χ2n) is 10.2. The number of thioether (sulfide) groups is 1. The van der Waals surface area contributed by atoms with Gasteiger partial charge < -0.3 is 4.90 Å². The number of amides is 1. The summed E-state index contributed by atoms with van der Waals surface area (Å²) in [5.41, 5.74) is 4.72. The van der Waals surface area contributed by atoms with Crippen LogP contribution in [0.5, 0.6) is 0 Å². The lowest BCUT2D eigenvalue weighted by molar-refractivity contribution is 0.0685. The zero-order valence-electron chi connectivity index (χ0n) is 22.6. The van der Waals surface area contributed by atoms with Crippen LogP contribution in [0.15, 0.2) is 83.6 Å². The highest BCUT2D eigenvalue weighted by molar-refractivity contribution is 7.98. The van der Waals surface area contributed by atoms with Crippen LogP contribution in [0.25, 0.3) is 17.1 Å². The van der Waals surface area contributed by atoms with Gasteiger partial charge in [-0.05, 0) is 67.5 Å². The van der Waals surface area contributed by atoms with E-state index >= 15 is 0 Å². The summed E-state index contributed by atoms with van der Waals surface area (Å²) in [6.07, 6.45) is 6.62. The molecule has 0 spiro atoms. The molecule has 0 N–H and O–H groups in total. The number of hydrogen-bond donors (Lipinski definition) is 0. The van der Waals surface area contributed by atoms with Crippen molar-refractivity contribution in [1.82, 2.24) is 29.6 Å². The molecule has 5 aromatic rings. The van der Waals surface area contributed by atoms with Gasteiger partial charge in [0, 0.05) is 41.4 Å². The van der Waals surface area contributed by atoms with Gasteiger partial charge in [-0.15, -0.1) is 21.5 Å². The SMILES string of the molecule is Cc1ccc(Cl)cc1-n1c(SCc2nc(C(=O)N3CCC(Cc4ccccc4)CC3)cs2)nnc1-c1cccnc1. The minimum absolute atomic E-state index is 0.0206. The highest BCUT2D eigenvalue weighted by atomic mass is 35.5. The molecule has 0 saturated carbocycles. The van der Waals surface area contributed by atoms with E-state index in [2.05, 4.69) is 45.5 Å². The molecule has 0 atom stereocenters. The van der Waals surface area contributed by atoms with Gasteiger partial charge in [0.1, 0.15) is 10.7 Å². The Morgan fingerprint density at radius 3 is 2.68 bits per heavy atom. The number of pyridine rings is 1. The van der Waals surface area contributed by atoms with Gasteiger partial charge in [-0.25, -0.2) is 4.98 Å². The summed E-state index contributed by atoms with van der Waals surface area (Å²) in [5.74, 6) is 1.90. The molecule has 208 valence electrons. The third kappa shape index (κ3) is 6.37. The predicted molar refractivity (Wildman–Crippen MR) is 165 cm³/mol. The van der Waals surface area contributed by atoms with Gasteiger partial charge in [0.05, 0.1) is 11.4 Å². The summed E-state index contributed by atoms with van der Waals surface area (Å²) in [5, 5.41) is 13.1. The van der Waals surface area contributed by atoms with Gasteiger partial charge >= 0.3 is 0 Å². The first kappa shape index (κ1) is 27.6. The average Bonchev–Trinajstić information content (AvgIpc) is 3.66. The van der Waals surface area contributed by atoms with Gasteiger partial charge in [-0.2, -0.15) is 0 Å². The molecule has 1 aliphatic heterocycles. The standard InChI is InChI=1S/C31H29ClN6OS2/c1-21-9-10-25(32)17-27(21)38-29(24-8-5-13-33-18-24)35-36-31(38)41-20-28-34-26(19-40-28)30(39)37-14-11-23(12-15-37)16-22-6-3-2-4-7-22/h2-10,13,17-19,23H,11-12,14-16,20H2,1H3. The molecule has 1 fully saturated rings. The molecule has 6 rings (SSSR count). The number of carbonyl (C=O) groups is 1. The molecular weight excluding hydrogens is 572 g/mol. The first-order valence-electron chi connectivity index (χ1n) is 13.6. The summed E-state index contributed by atoms with van der Waals surface area (Å²) >= 11 is 9.42. The molecule has 1 aliphatic rings. The highest BCUT2D eigenvalue weighted by Gasteiger charge is 2.26. The second-order valence-corrected chi connectivity index (χ2v) is 12.5. The van der Waals surface area contributed by atoms with E-state index in [1.807, 2.05) is 52.1 Å². The van der Waals surface area contributed by atoms with Gasteiger partial charge in [-0.3, -0.25) is 14.3 Å². The predicted octanol–water partition coefficient (Wildman–Crippen LogP) is 7.13. The van der Waals surface area contributed by atoms with Crippen molar-refractivity contribution < 1.29 is 4.79 Å². The molecule has 0 radical (unpaired) electrons. The fourth-order valence-electron chi connectivity index (χ4n) is 5.14. The zero-order valence-corrected chi connectivity index (χ0v) is 25.0. The fraction of sp³-hybridized carbons (Fsp3) is 0.258. The first-order chi connectivity index (χ1) is 20.0. The first-order valence-corrected chi connectivity index (χ1v) is 15.8. The smallest absolute Gasteiger partial charge is 0.273 e. The van der Waals surface area contributed by atoms with E-state index < -0.39 is 0 Å². The topological polar surface area (TPSA) is 76.8 Å². The molecule has 10 heteroatoms. The van der Waals surface area contributed by atoms with Gasteiger partial charge in [-0.1, -0.05) is 59.8 Å². The monoisotopic (exact) mass is 600 g/mol. The number of likely N-dealkylation sites (tertiary alicyclic amines) is 1. The normalized spacial score (nSPS) is 14.0. The molecule has 2 aromatic carbocycles. The molecule has 0 aliphatic carbocycles. The van der Waals surface area contributed by atoms with Crippen LogP contribution in [0.1, 0.15) is 39.5 Å². The van der Waals surface area contributed by atoms with Crippen molar-refractivity contribution in [1.29, 1.82) is 0 Å². The van der Waals surface area contributed by atoms with Crippen LogP contribution in [0, 0.1) is 12.8 Å². The Morgan fingerprint density at radius 1 is 1.07 bits per heavy atom. The minimum atomic E-state index is 0.0206. The van der Waals surface area contributed by atoms with Crippen LogP contribution in [0.3, 0.4) is 0 Å². The number of aromatic nitrogens is 5. The van der Waals surface area contributed by atoms with Crippen molar-refractivity contribution >= 4 is 40.6 Å². The molecule has 1 amide bonds. The molecular formula is C31H29ClN6OS2. The van der Waals surface area contributed by atoms with Crippen LogP contribution in [0.4, 0.5) is 0 Å². The fourth-order valence-corrected chi connectivity index (χ4v) is 7.03. The van der Waals surface area contributed by atoms with Crippen molar-refractivity contribution in [2.24, 2.45) is 5.92 Å². The van der Waals surface area contributed by atoms with E-state index in [9.17, 15) is 4.79 Å². The number of rotatable bonds is 8. The van der Waals surface area contributed by atoms with Crippen LogP contribution < -0.4 is 0 Å². The summed E-state index contributed by atoms with van der Waals surface area (Å²) in [7, 11) is 0. The van der Waals surface area contributed by atoms with E-state index in [0.29, 0.717) is 28.2 Å². The van der Waals surface area contributed by atoms with E-state index in [1.165, 1.54) is 28.7 Å². The maximum atomic E-state index is 13.2. The Hall–Kier alpha value is -3.53. The van der Waals surface area contributed by atoms with Crippen LogP contribution in [0.2, 0.25) is 5.02 Å². The van der Waals surface area contributed by atoms with Crippen LogP contribution in [-0.2, 0) is 12.2 Å². The van der Waals surface area contributed by atoms with E-state index in [4.69, 9.17) is 16.6 Å². The third-order valence-corrected chi connectivity index (χ3v) is 9.54. The van der Waals surface area contributed by atoms with Crippen molar-refractivity contribution in [3.63, 3.8) is 0 Å². The van der Waals surface area contributed by atoms with Crippen LogP contribution in [-0.4, -0.2) is 48.6 Å². The van der Waals surface area contributed by atoms with Gasteiger partial charge in [0.25, 0.3) is 5.91 Å². The minimum Gasteiger partial charge on any atom is -0.337 e. The number of thiazole rings is 1. The molecule has 7 nitrogen and oxygen atoms in total. The Balaban J connectivity index is 1.14. The molecule has 41 heavy (non-hydrogen) atoms. The number of nitrogens with zero attached hydrogens (tertiary/aromatic N) is 6. The Bertz CT molecular complexity index is 1630. The Morgan fingerprint density at radius 2 is 1.90 bits per heavy atom. The number of piperidine rings is 1. The van der Waals surface area contributed by atoms with Crippen molar-refractivity contribution in [2.75, 3.05) is 13.1 Å². The van der Waals surface area contributed by atoms with Gasteiger partial charge in [0.2, 0.25) is 0 Å². The van der Waals surface area contributed by atoms with E-state index in [1.54, 1.807) is 12.4 Å². The third-order valence-electron chi connectivity index (χ3n) is 7.33. The maximum Gasteiger partial charge on any atom is 0.273 e. The number of aryl methyl sites for hydroxylation is 1. The van der Waals surface area contributed by atoms with E-state index in [0.717, 1.165) is 59.3 Å². The highest BCUT2D eigenvalue weighted by Crippen LogP contribution is 2.33. The maximum absolute atomic E-state index is 13.2. The van der Waals surface area contributed by atoms with Crippen LogP contribution >= 0.6 is 34.7 Å². The summed E-state index contributed by atoms with van der Waals surface area (Å²) < 4.78 is 2.02. The Labute approximate surface area is 252 Å². The van der Waals surface area contributed by atoms with Gasteiger partial charge in [0.15, 0.2) is 11.0 Å².